The molecule has 2 aromatic rings. The van der Waals surface area contributed by atoms with Gasteiger partial charge in [0.2, 0.25) is 0 Å². The third-order valence-electron chi connectivity index (χ3n) is 3.92. The molecule has 2 N–H and O–H groups in total. The average molecular weight is 342 g/mol. The Kier molecular flexibility index (Phi) is 4.58. The molecule has 1 heterocycles. The smallest absolute Gasteiger partial charge is 0.344 e. The van der Waals surface area contributed by atoms with Crippen LogP contribution in [0.3, 0.4) is 0 Å². The maximum Gasteiger partial charge on any atom is 0.344 e. The predicted octanol–water partition coefficient (Wildman–Crippen LogP) is 2.12. The van der Waals surface area contributed by atoms with E-state index in [1.165, 1.54) is 14.2 Å². The summed E-state index contributed by atoms with van der Waals surface area (Å²) in [6, 6.07) is 10.5. The number of rotatable bonds is 5. The molecule has 1 unspecified atom stereocenters. The third kappa shape index (κ3) is 3.14. The van der Waals surface area contributed by atoms with Gasteiger partial charge in [-0.25, -0.2) is 4.79 Å². The van der Waals surface area contributed by atoms with E-state index in [9.17, 15) is 9.59 Å². The van der Waals surface area contributed by atoms with Crippen molar-refractivity contribution in [3.63, 3.8) is 0 Å². The number of ether oxygens (including phenoxy) is 3. The van der Waals surface area contributed by atoms with Crippen LogP contribution >= 0.6 is 0 Å². The quantitative estimate of drug-likeness (QED) is 0.639. The Morgan fingerprint density at radius 3 is 2.44 bits per heavy atom. The first-order chi connectivity index (χ1) is 12.0. The number of benzene rings is 2. The van der Waals surface area contributed by atoms with Crippen molar-refractivity contribution in [2.75, 3.05) is 14.2 Å². The Bertz CT molecular complexity index is 817. The Balaban J connectivity index is 1.77. The topological polar surface area (TPSA) is 85.9 Å². The number of carbonyl (C=O) groups excluding carboxylic acids is 2. The molecule has 1 amide bonds. The van der Waals surface area contributed by atoms with Crippen LogP contribution in [0.2, 0.25) is 0 Å². The van der Waals surface area contributed by atoms with Gasteiger partial charge >= 0.3 is 5.97 Å². The molecule has 1 atom stereocenters. The number of hydrogen-bond donors (Lipinski definition) is 2. The molecule has 2 aromatic carbocycles. The Morgan fingerprint density at radius 2 is 1.80 bits per heavy atom. The molecule has 0 saturated heterocycles. The predicted molar refractivity (Wildman–Crippen MR) is 89.5 cm³/mol. The van der Waals surface area contributed by atoms with Crippen molar-refractivity contribution >= 4 is 11.9 Å². The monoisotopic (exact) mass is 342 g/mol. The number of hydrogen-bond acceptors (Lipinski definition) is 6. The summed E-state index contributed by atoms with van der Waals surface area (Å²) < 4.78 is 15.7. The summed E-state index contributed by atoms with van der Waals surface area (Å²) >= 11 is 0. The molecule has 25 heavy (non-hydrogen) atoms. The van der Waals surface area contributed by atoms with Crippen molar-refractivity contribution in [3.05, 3.63) is 58.7 Å². The van der Waals surface area contributed by atoms with Crippen molar-refractivity contribution in [1.29, 1.82) is 0 Å². The van der Waals surface area contributed by atoms with Gasteiger partial charge < -0.3 is 14.2 Å². The van der Waals surface area contributed by atoms with E-state index in [0.29, 0.717) is 22.6 Å². The molecule has 130 valence electrons. The van der Waals surface area contributed by atoms with E-state index in [1.54, 1.807) is 24.3 Å². The molecule has 1 aliphatic rings. The van der Waals surface area contributed by atoms with Gasteiger partial charge in [0, 0.05) is 11.1 Å². The van der Waals surface area contributed by atoms with E-state index in [0.717, 1.165) is 5.56 Å². The molecule has 0 bridgehead atoms. The fourth-order valence-corrected chi connectivity index (χ4v) is 2.62. The fourth-order valence-electron chi connectivity index (χ4n) is 2.62. The van der Waals surface area contributed by atoms with Crippen LogP contribution in [0.1, 0.15) is 38.1 Å². The zero-order chi connectivity index (χ0) is 18.0. The van der Waals surface area contributed by atoms with Gasteiger partial charge in [-0.3, -0.25) is 10.2 Å². The highest BCUT2D eigenvalue weighted by atomic mass is 16.6. The molecule has 7 heteroatoms. The lowest BCUT2D eigenvalue weighted by Gasteiger charge is -2.14. The molecule has 3 rings (SSSR count). The van der Waals surface area contributed by atoms with Crippen molar-refractivity contribution in [2.24, 2.45) is 0 Å². The average Bonchev–Trinajstić information content (AvgIpc) is 2.95. The van der Waals surface area contributed by atoms with Crippen LogP contribution in [0, 0.1) is 6.92 Å². The summed E-state index contributed by atoms with van der Waals surface area (Å²) in [6.45, 7) is 1.94. The number of cyclic esters (lactones) is 1. The second kappa shape index (κ2) is 6.82. The number of amides is 1. The van der Waals surface area contributed by atoms with Gasteiger partial charge in [-0.1, -0.05) is 17.7 Å². The van der Waals surface area contributed by atoms with Gasteiger partial charge in [-0.05, 0) is 31.2 Å². The molecule has 0 spiro atoms. The molecular weight excluding hydrogens is 324 g/mol. The molecule has 0 radical (unpaired) electrons. The minimum Gasteiger partial charge on any atom is -0.493 e. The Morgan fingerprint density at radius 1 is 1.08 bits per heavy atom. The number of methoxy groups -OCH3 is 2. The number of esters is 1. The van der Waals surface area contributed by atoms with E-state index in [-0.39, 0.29) is 11.5 Å². The van der Waals surface area contributed by atoms with Crippen LogP contribution in [0.25, 0.3) is 0 Å². The maximum atomic E-state index is 12.2. The summed E-state index contributed by atoms with van der Waals surface area (Å²) in [6.07, 6.45) is -0.809. The van der Waals surface area contributed by atoms with E-state index in [1.807, 2.05) is 19.1 Å². The zero-order valence-corrected chi connectivity index (χ0v) is 14.1. The van der Waals surface area contributed by atoms with Gasteiger partial charge in [0.25, 0.3) is 5.91 Å². The molecule has 0 aliphatic carbocycles. The lowest BCUT2D eigenvalue weighted by Crippen LogP contribution is -2.40. The molecular formula is C18H18N2O5. The molecule has 0 aromatic heterocycles. The second-order valence-corrected chi connectivity index (χ2v) is 5.52. The summed E-state index contributed by atoms with van der Waals surface area (Å²) in [5, 5.41) is 0. The van der Waals surface area contributed by atoms with Crippen molar-refractivity contribution in [3.8, 4) is 11.5 Å². The first-order valence-electron chi connectivity index (χ1n) is 7.63. The Labute approximate surface area is 144 Å². The molecule has 0 saturated carbocycles. The van der Waals surface area contributed by atoms with Gasteiger partial charge in [0.15, 0.2) is 17.7 Å². The van der Waals surface area contributed by atoms with Crippen LogP contribution in [0.15, 0.2) is 36.4 Å². The van der Waals surface area contributed by atoms with E-state index in [2.05, 4.69) is 10.9 Å². The van der Waals surface area contributed by atoms with Crippen molar-refractivity contribution in [2.45, 2.75) is 13.2 Å². The summed E-state index contributed by atoms with van der Waals surface area (Å²) in [5.74, 6) is -0.139. The number of carbonyl (C=O) groups is 2. The third-order valence-corrected chi connectivity index (χ3v) is 3.92. The summed E-state index contributed by atoms with van der Waals surface area (Å²) in [7, 11) is 2.94. The van der Waals surface area contributed by atoms with E-state index in [4.69, 9.17) is 14.2 Å². The van der Waals surface area contributed by atoms with Crippen molar-refractivity contribution in [1.82, 2.24) is 10.9 Å². The zero-order valence-electron chi connectivity index (χ0n) is 14.1. The van der Waals surface area contributed by atoms with Gasteiger partial charge in [0.1, 0.15) is 5.56 Å². The second-order valence-electron chi connectivity index (χ2n) is 5.52. The SMILES string of the molecule is COc1ccc2c(c1OC)C(=O)OC2NNC(=O)c1ccc(C)cc1. The maximum absolute atomic E-state index is 12.2. The van der Waals surface area contributed by atoms with Crippen LogP contribution < -0.4 is 20.3 Å². The van der Waals surface area contributed by atoms with Crippen LogP contribution in [0.4, 0.5) is 0 Å². The Hall–Kier alpha value is -3.06. The minimum absolute atomic E-state index is 0.281. The number of hydrazine groups is 1. The summed E-state index contributed by atoms with van der Waals surface area (Å²) in [5.41, 5.74) is 7.68. The van der Waals surface area contributed by atoms with E-state index >= 15 is 0 Å². The number of nitrogens with one attached hydrogen (secondary N) is 2. The highest BCUT2D eigenvalue weighted by Crippen LogP contribution is 2.40. The highest BCUT2D eigenvalue weighted by Gasteiger charge is 2.36. The standard InChI is InChI=1S/C18H18N2O5/c1-10-4-6-11(7-5-10)16(21)19-20-17-12-8-9-13(23-2)15(24-3)14(12)18(22)25-17/h4-9,17,20H,1-3H3,(H,19,21). The largest absolute Gasteiger partial charge is 0.493 e. The van der Waals surface area contributed by atoms with Crippen molar-refractivity contribution < 1.29 is 23.8 Å². The number of aryl methyl sites for hydroxylation is 1. The number of fused-ring (bicyclic) bond motifs is 1. The van der Waals surface area contributed by atoms with Crippen LogP contribution in [0.5, 0.6) is 11.5 Å². The lowest BCUT2D eigenvalue weighted by atomic mass is 10.1. The fraction of sp³-hybridized carbons (Fsp3) is 0.222. The normalized spacial score (nSPS) is 15.3. The van der Waals surface area contributed by atoms with Gasteiger partial charge in [-0.15, -0.1) is 0 Å². The first kappa shape index (κ1) is 16.8. The van der Waals surface area contributed by atoms with E-state index < -0.39 is 12.2 Å². The minimum atomic E-state index is -0.809. The molecule has 0 fully saturated rings. The molecule has 7 nitrogen and oxygen atoms in total. The lowest BCUT2D eigenvalue weighted by molar-refractivity contribution is 0.0260. The van der Waals surface area contributed by atoms with Gasteiger partial charge in [-0.2, -0.15) is 5.43 Å². The summed E-state index contributed by atoms with van der Waals surface area (Å²) in [4.78, 5) is 24.3. The first-order valence-corrected chi connectivity index (χ1v) is 7.63. The van der Waals surface area contributed by atoms with Gasteiger partial charge in [0.05, 0.1) is 14.2 Å². The highest BCUT2D eigenvalue weighted by molar-refractivity contribution is 5.98. The molecule has 1 aliphatic heterocycles. The van der Waals surface area contributed by atoms with Crippen LogP contribution in [-0.4, -0.2) is 26.1 Å². The van der Waals surface area contributed by atoms with Crippen LogP contribution in [-0.2, 0) is 4.74 Å².